The summed E-state index contributed by atoms with van der Waals surface area (Å²) in [5.41, 5.74) is 1.87. The second kappa shape index (κ2) is 10.2. The molecule has 6 atom stereocenters. The summed E-state index contributed by atoms with van der Waals surface area (Å²) in [5, 5.41) is 27.4. The summed E-state index contributed by atoms with van der Waals surface area (Å²) in [4.78, 5) is 41.0. The second-order valence-electron chi connectivity index (χ2n) is 12.5. The summed E-state index contributed by atoms with van der Waals surface area (Å²) in [5.74, 6) is 0.108. The van der Waals surface area contributed by atoms with Crippen LogP contribution in [0, 0.1) is 28.6 Å². The van der Waals surface area contributed by atoms with E-state index in [1.165, 1.54) is 17.7 Å². The Morgan fingerprint density at radius 2 is 1.74 bits per heavy atom. The van der Waals surface area contributed by atoms with Gasteiger partial charge in [-0.1, -0.05) is 36.7 Å². The molecule has 1 amide bonds. The molecule has 0 radical (unpaired) electrons. The summed E-state index contributed by atoms with van der Waals surface area (Å²) in [6.45, 7) is 6.20. The highest BCUT2D eigenvalue weighted by Gasteiger charge is 2.65. The van der Waals surface area contributed by atoms with Crippen molar-refractivity contribution in [3.63, 3.8) is 0 Å². The molecule has 210 valence electrons. The van der Waals surface area contributed by atoms with Gasteiger partial charge in [0.05, 0.1) is 11.3 Å². The van der Waals surface area contributed by atoms with Crippen LogP contribution in [-0.4, -0.2) is 45.8 Å². The highest BCUT2D eigenvalue weighted by atomic mass is 16.6. The Kier molecular flexibility index (Phi) is 7.20. The number of hydrogen-bond acceptors (Lipinski definition) is 6. The van der Waals surface area contributed by atoms with E-state index in [0.29, 0.717) is 24.2 Å². The van der Waals surface area contributed by atoms with Gasteiger partial charge in [-0.25, -0.2) is 4.79 Å². The van der Waals surface area contributed by atoms with Crippen LogP contribution in [0.3, 0.4) is 0 Å². The smallest absolute Gasteiger partial charge is 0.335 e. The first-order valence-electron chi connectivity index (χ1n) is 14.2. The predicted molar refractivity (Wildman–Crippen MR) is 146 cm³/mol. The molecule has 3 fully saturated rings. The molecular weight excluding hydrogens is 496 g/mol. The molecule has 0 spiro atoms. The number of carbonyl (C=O) groups is 3. The standard InChI is InChI=1S/C31H40N2O6/c1-19(34)31(38)15-12-26-24-9-8-22-16-23(10-13-29(22,2)25(24)11-14-30(26,31)3)33-39-18-27(35)32-17-20-4-6-21(7-5-20)28(36)37/h4-7,16,24-26,38H,8-15,17-18H2,1-3H3,(H,32,35)(H,36,37)/t24?,25?,26?,29-,30-,31-/m0/s1. The molecule has 3 unspecified atom stereocenters. The lowest BCUT2D eigenvalue weighted by Crippen LogP contribution is -2.57. The number of ketones is 1. The lowest BCUT2D eigenvalue weighted by Gasteiger charge is -2.59. The lowest BCUT2D eigenvalue weighted by atomic mass is 9.46. The van der Waals surface area contributed by atoms with Crippen molar-refractivity contribution in [2.45, 2.75) is 84.3 Å². The van der Waals surface area contributed by atoms with Gasteiger partial charge in [-0.3, -0.25) is 9.59 Å². The average molecular weight is 537 g/mol. The van der Waals surface area contributed by atoms with Crippen LogP contribution in [0.1, 0.15) is 88.1 Å². The Labute approximate surface area is 229 Å². The van der Waals surface area contributed by atoms with Gasteiger partial charge < -0.3 is 20.4 Å². The number of nitrogens with one attached hydrogen (secondary N) is 1. The second-order valence-corrected chi connectivity index (χ2v) is 12.5. The maximum absolute atomic E-state index is 12.4. The number of carboxylic acids is 1. The Morgan fingerprint density at radius 3 is 2.44 bits per heavy atom. The SMILES string of the molecule is CC(=O)[C@@]1(O)CCC2C3CCC4=CC(=NOCC(=O)NCc5ccc(C(=O)O)cc5)CC[C@]4(C)C3CC[C@@]21C. The van der Waals surface area contributed by atoms with Crippen molar-refractivity contribution in [1.29, 1.82) is 0 Å². The van der Waals surface area contributed by atoms with E-state index in [-0.39, 0.29) is 41.2 Å². The Hall–Kier alpha value is -3.00. The molecule has 1 aromatic rings. The number of fused-ring (bicyclic) bond motifs is 5. The fourth-order valence-corrected chi connectivity index (χ4v) is 8.43. The quantitative estimate of drug-likeness (QED) is 0.436. The van der Waals surface area contributed by atoms with Crippen LogP contribution < -0.4 is 5.32 Å². The van der Waals surface area contributed by atoms with Crippen LogP contribution in [-0.2, 0) is 21.0 Å². The summed E-state index contributed by atoms with van der Waals surface area (Å²) in [6, 6.07) is 6.37. The van der Waals surface area contributed by atoms with Crippen molar-refractivity contribution in [1.82, 2.24) is 5.32 Å². The molecule has 4 aliphatic carbocycles. The van der Waals surface area contributed by atoms with Crippen molar-refractivity contribution in [3.05, 3.63) is 47.0 Å². The third-order valence-electron chi connectivity index (χ3n) is 10.8. The Balaban J connectivity index is 1.18. The highest BCUT2D eigenvalue weighted by molar-refractivity contribution is 5.96. The minimum atomic E-state index is -1.18. The summed E-state index contributed by atoms with van der Waals surface area (Å²) >= 11 is 0. The highest BCUT2D eigenvalue weighted by Crippen LogP contribution is 2.67. The van der Waals surface area contributed by atoms with Crippen LogP contribution in [0.4, 0.5) is 0 Å². The van der Waals surface area contributed by atoms with Gasteiger partial charge in [0, 0.05) is 12.0 Å². The van der Waals surface area contributed by atoms with Crippen LogP contribution in [0.5, 0.6) is 0 Å². The third-order valence-corrected chi connectivity index (χ3v) is 10.8. The third kappa shape index (κ3) is 4.71. The number of Topliss-reactive ketones (excluding diaryl/α,β-unsaturated/α-hetero) is 1. The topological polar surface area (TPSA) is 125 Å². The average Bonchev–Trinajstić information content (AvgIpc) is 3.19. The number of carbonyl (C=O) groups excluding carboxylic acids is 2. The maximum Gasteiger partial charge on any atom is 0.335 e. The van der Waals surface area contributed by atoms with Gasteiger partial charge in [0.15, 0.2) is 12.4 Å². The van der Waals surface area contributed by atoms with Gasteiger partial charge in [-0.15, -0.1) is 0 Å². The molecule has 39 heavy (non-hydrogen) atoms. The fraction of sp³-hybridized carbons (Fsp3) is 0.613. The van der Waals surface area contributed by atoms with Crippen LogP contribution in [0.15, 0.2) is 41.1 Å². The number of aromatic carboxylic acids is 1. The molecule has 3 N–H and O–H groups in total. The first-order chi connectivity index (χ1) is 18.5. The van der Waals surface area contributed by atoms with Crippen LogP contribution >= 0.6 is 0 Å². The zero-order valence-electron chi connectivity index (χ0n) is 23.2. The Bertz CT molecular complexity index is 1220. The first-order valence-corrected chi connectivity index (χ1v) is 14.2. The number of benzene rings is 1. The normalized spacial score (nSPS) is 36.3. The molecule has 4 aliphatic rings. The minimum Gasteiger partial charge on any atom is -0.478 e. The molecule has 3 saturated carbocycles. The van der Waals surface area contributed by atoms with E-state index in [2.05, 4.69) is 30.4 Å². The lowest BCUT2D eigenvalue weighted by molar-refractivity contribution is -0.159. The van der Waals surface area contributed by atoms with E-state index >= 15 is 0 Å². The van der Waals surface area contributed by atoms with E-state index in [1.54, 1.807) is 19.1 Å². The minimum absolute atomic E-state index is 0.0739. The molecule has 0 heterocycles. The first kappa shape index (κ1) is 27.6. The van der Waals surface area contributed by atoms with E-state index in [0.717, 1.165) is 56.2 Å². The summed E-state index contributed by atoms with van der Waals surface area (Å²) in [7, 11) is 0. The monoisotopic (exact) mass is 536 g/mol. The zero-order valence-corrected chi connectivity index (χ0v) is 23.2. The van der Waals surface area contributed by atoms with E-state index in [1.807, 2.05) is 0 Å². The van der Waals surface area contributed by atoms with Crippen molar-refractivity contribution in [3.8, 4) is 0 Å². The molecule has 0 aliphatic heterocycles. The van der Waals surface area contributed by atoms with Crippen LogP contribution in [0.2, 0.25) is 0 Å². The van der Waals surface area contributed by atoms with Gasteiger partial charge in [0.2, 0.25) is 0 Å². The zero-order chi connectivity index (χ0) is 28.0. The number of aliphatic hydroxyl groups is 1. The molecule has 0 saturated heterocycles. The number of rotatable bonds is 7. The molecular formula is C31H40N2O6. The molecule has 1 aromatic carbocycles. The molecule has 8 nitrogen and oxygen atoms in total. The Morgan fingerprint density at radius 1 is 1.03 bits per heavy atom. The predicted octanol–water partition coefficient (Wildman–Crippen LogP) is 4.66. The maximum atomic E-state index is 12.4. The van der Waals surface area contributed by atoms with Gasteiger partial charge in [-0.2, -0.15) is 0 Å². The van der Waals surface area contributed by atoms with Crippen molar-refractivity contribution in [2.24, 2.45) is 33.7 Å². The number of carboxylic acid groups (broad SMARTS) is 1. The molecule has 0 aromatic heterocycles. The largest absolute Gasteiger partial charge is 0.478 e. The number of hydrogen-bond donors (Lipinski definition) is 3. The summed E-state index contributed by atoms with van der Waals surface area (Å²) in [6.07, 6.45) is 9.46. The number of amides is 1. The molecule has 8 heteroatoms. The molecule has 0 bridgehead atoms. The van der Waals surface area contributed by atoms with Gasteiger partial charge >= 0.3 is 5.97 Å². The van der Waals surface area contributed by atoms with Gasteiger partial charge in [-0.05, 0) is 105 Å². The van der Waals surface area contributed by atoms with Gasteiger partial charge in [0.25, 0.3) is 5.91 Å². The number of nitrogens with zero attached hydrogens (tertiary/aromatic N) is 1. The van der Waals surface area contributed by atoms with Crippen molar-refractivity contribution >= 4 is 23.4 Å². The summed E-state index contributed by atoms with van der Waals surface area (Å²) < 4.78 is 0. The molecule has 5 rings (SSSR count). The van der Waals surface area contributed by atoms with E-state index in [4.69, 9.17) is 9.94 Å². The number of oxime groups is 1. The van der Waals surface area contributed by atoms with Gasteiger partial charge in [0.1, 0.15) is 5.60 Å². The van der Waals surface area contributed by atoms with Crippen molar-refractivity contribution < 1.29 is 29.4 Å². The fourth-order valence-electron chi connectivity index (χ4n) is 8.43. The number of allylic oxidation sites excluding steroid dienone is 2. The van der Waals surface area contributed by atoms with Crippen molar-refractivity contribution in [2.75, 3.05) is 6.61 Å². The van der Waals surface area contributed by atoms with Crippen LogP contribution in [0.25, 0.3) is 0 Å². The van der Waals surface area contributed by atoms with E-state index < -0.39 is 11.6 Å². The van der Waals surface area contributed by atoms with E-state index in [9.17, 15) is 19.5 Å².